The molecule has 0 aromatic carbocycles. The summed E-state index contributed by atoms with van der Waals surface area (Å²) in [7, 11) is 0. The SMILES string of the molecule is CCCNC(=O)C1CCN(C(=O)/C=C/c2c(C)nn(CC(C)C)c2Cl)CC1. The van der Waals surface area contributed by atoms with Crippen LogP contribution in [0.5, 0.6) is 0 Å². The number of carbonyl (C=O) groups is 2. The number of hydrogen-bond donors (Lipinski definition) is 1. The van der Waals surface area contributed by atoms with Crippen LogP contribution in [-0.2, 0) is 16.1 Å². The fourth-order valence-corrected chi connectivity index (χ4v) is 3.54. The van der Waals surface area contributed by atoms with Crippen molar-refractivity contribution in [2.24, 2.45) is 11.8 Å². The van der Waals surface area contributed by atoms with Gasteiger partial charge in [-0.1, -0.05) is 32.4 Å². The third-order valence-electron chi connectivity index (χ3n) is 4.77. The Morgan fingerprint density at radius 1 is 1.33 bits per heavy atom. The van der Waals surface area contributed by atoms with Crippen molar-refractivity contribution in [3.63, 3.8) is 0 Å². The molecule has 0 aliphatic carbocycles. The van der Waals surface area contributed by atoms with E-state index in [1.807, 2.05) is 13.8 Å². The van der Waals surface area contributed by atoms with Crippen LogP contribution in [0.25, 0.3) is 6.08 Å². The molecule has 2 amide bonds. The number of likely N-dealkylation sites (tertiary alicyclic amines) is 1. The van der Waals surface area contributed by atoms with Crippen molar-refractivity contribution in [1.29, 1.82) is 0 Å². The first-order chi connectivity index (χ1) is 12.8. The molecule has 1 aromatic heterocycles. The molecule has 0 unspecified atom stereocenters. The average Bonchev–Trinajstić information content (AvgIpc) is 2.90. The molecule has 1 fully saturated rings. The lowest BCUT2D eigenvalue weighted by molar-refractivity contribution is -0.132. The molecule has 1 aliphatic heterocycles. The molecule has 1 aliphatic rings. The smallest absolute Gasteiger partial charge is 0.246 e. The molecule has 2 rings (SSSR count). The standard InChI is InChI=1S/C20H31ClN4O2/c1-5-10-22-20(27)16-8-11-24(12-9-16)18(26)7-6-17-15(4)23-25(19(17)21)13-14(2)3/h6-7,14,16H,5,8-13H2,1-4H3,(H,22,27)/b7-6+. The summed E-state index contributed by atoms with van der Waals surface area (Å²) < 4.78 is 1.78. The maximum atomic E-state index is 12.5. The Morgan fingerprint density at radius 2 is 2.00 bits per heavy atom. The average molecular weight is 395 g/mol. The molecule has 6 nitrogen and oxygen atoms in total. The highest BCUT2D eigenvalue weighted by molar-refractivity contribution is 6.31. The van der Waals surface area contributed by atoms with Crippen LogP contribution in [-0.4, -0.2) is 46.1 Å². The van der Waals surface area contributed by atoms with Gasteiger partial charge in [0, 0.05) is 43.7 Å². The highest BCUT2D eigenvalue weighted by Gasteiger charge is 2.26. The Balaban J connectivity index is 1.93. The molecule has 1 aromatic rings. The van der Waals surface area contributed by atoms with Crippen molar-refractivity contribution in [1.82, 2.24) is 20.0 Å². The highest BCUT2D eigenvalue weighted by Crippen LogP contribution is 2.23. The summed E-state index contributed by atoms with van der Waals surface area (Å²) in [6.07, 6.45) is 5.67. The summed E-state index contributed by atoms with van der Waals surface area (Å²) in [6, 6.07) is 0. The second-order valence-electron chi connectivity index (χ2n) is 7.59. The van der Waals surface area contributed by atoms with E-state index in [0.29, 0.717) is 43.5 Å². The van der Waals surface area contributed by atoms with Gasteiger partial charge in [-0.2, -0.15) is 5.10 Å². The van der Waals surface area contributed by atoms with E-state index >= 15 is 0 Å². The van der Waals surface area contributed by atoms with Gasteiger partial charge in [-0.3, -0.25) is 14.3 Å². The van der Waals surface area contributed by atoms with Crippen LogP contribution in [0.1, 0.15) is 51.3 Å². The van der Waals surface area contributed by atoms with Crippen LogP contribution in [0.3, 0.4) is 0 Å². The molecule has 1 N–H and O–H groups in total. The summed E-state index contributed by atoms with van der Waals surface area (Å²) in [5, 5.41) is 7.97. The number of aryl methyl sites for hydroxylation is 1. The first kappa shape index (κ1) is 21.5. The largest absolute Gasteiger partial charge is 0.356 e. The van der Waals surface area contributed by atoms with Crippen molar-refractivity contribution in [3.8, 4) is 0 Å². The van der Waals surface area contributed by atoms with Crippen LogP contribution in [0, 0.1) is 18.8 Å². The van der Waals surface area contributed by atoms with Gasteiger partial charge in [-0.15, -0.1) is 0 Å². The van der Waals surface area contributed by atoms with E-state index in [0.717, 1.165) is 24.2 Å². The number of hydrogen-bond acceptors (Lipinski definition) is 3. The molecule has 0 bridgehead atoms. The van der Waals surface area contributed by atoms with Gasteiger partial charge in [-0.25, -0.2) is 0 Å². The third-order valence-corrected chi connectivity index (χ3v) is 5.17. The number of amides is 2. The zero-order valence-electron chi connectivity index (χ0n) is 16.8. The number of piperidine rings is 1. The lowest BCUT2D eigenvalue weighted by Gasteiger charge is -2.30. The first-order valence-electron chi connectivity index (χ1n) is 9.81. The molecular weight excluding hydrogens is 364 g/mol. The van der Waals surface area contributed by atoms with Gasteiger partial charge in [0.25, 0.3) is 0 Å². The van der Waals surface area contributed by atoms with Gasteiger partial charge >= 0.3 is 0 Å². The fraction of sp³-hybridized carbons (Fsp3) is 0.650. The fourth-order valence-electron chi connectivity index (χ4n) is 3.24. The van der Waals surface area contributed by atoms with Crippen LogP contribution in [0.2, 0.25) is 5.15 Å². The van der Waals surface area contributed by atoms with Crippen LogP contribution < -0.4 is 5.32 Å². The predicted octanol–water partition coefficient (Wildman–Crippen LogP) is 3.28. The van der Waals surface area contributed by atoms with E-state index in [1.54, 1.807) is 21.7 Å². The molecule has 2 heterocycles. The third kappa shape index (κ3) is 5.83. The molecule has 27 heavy (non-hydrogen) atoms. The number of halogens is 1. The summed E-state index contributed by atoms with van der Waals surface area (Å²) in [5.41, 5.74) is 1.61. The summed E-state index contributed by atoms with van der Waals surface area (Å²) in [4.78, 5) is 26.3. The molecule has 150 valence electrons. The second-order valence-corrected chi connectivity index (χ2v) is 7.95. The lowest BCUT2D eigenvalue weighted by Crippen LogP contribution is -2.42. The van der Waals surface area contributed by atoms with Gasteiger partial charge < -0.3 is 10.2 Å². The molecule has 1 saturated heterocycles. The van der Waals surface area contributed by atoms with E-state index < -0.39 is 0 Å². The minimum atomic E-state index is -0.0468. The van der Waals surface area contributed by atoms with Crippen molar-refractivity contribution >= 4 is 29.5 Å². The molecule has 0 saturated carbocycles. The summed E-state index contributed by atoms with van der Waals surface area (Å²) >= 11 is 6.42. The Kier molecular flexibility index (Phi) is 7.90. The number of rotatable bonds is 7. The van der Waals surface area contributed by atoms with Gasteiger partial charge in [-0.05, 0) is 38.2 Å². The van der Waals surface area contributed by atoms with E-state index in [1.165, 1.54) is 0 Å². The Bertz CT molecular complexity index is 688. The van der Waals surface area contributed by atoms with E-state index in [2.05, 4.69) is 24.3 Å². The Hall–Kier alpha value is -1.82. The van der Waals surface area contributed by atoms with Crippen molar-refractivity contribution < 1.29 is 9.59 Å². The van der Waals surface area contributed by atoms with Crippen LogP contribution in [0.4, 0.5) is 0 Å². The first-order valence-corrected chi connectivity index (χ1v) is 10.2. The van der Waals surface area contributed by atoms with Crippen molar-refractivity contribution in [2.75, 3.05) is 19.6 Å². The maximum Gasteiger partial charge on any atom is 0.246 e. The monoisotopic (exact) mass is 394 g/mol. The van der Waals surface area contributed by atoms with E-state index in [-0.39, 0.29) is 17.7 Å². The molecular formula is C20H31ClN4O2. The number of nitrogens with one attached hydrogen (secondary N) is 1. The summed E-state index contributed by atoms with van der Waals surface area (Å²) in [6.45, 7) is 10.8. The number of carbonyl (C=O) groups excluding carboxylic acids is 2. The van der Waals surface area contributed by atoms with Crippen molar-refractivity contribution in [2.45, 2.75) is 53.5 Å². The van der Waals surface area contributed by atoms with E-state index in [9.17, 15) is 9.59 Å². The Labute approximate surface area is 166 Å². The maximum absolute atomic E-state index is 12.5. The normalized spacial score (nSPS) is 15.7. The molecule has 0 atom stereocenters. The molecule has 0 radical (unpaired) electrons. The topological polar surface area (TPSA) is 67.2 Å². The van der Waals surface area contributed by atoms with Crippen LogP contribution >= 0.6 is 11.6 Å². The number of nitrogens with zero attached hydrogens (tertiary/aromatic N) is 3. The molecule has 0 spiro atoms. The minimum absolute atomic E-state index is 0.00975. The van der Waals surface area contributed by atoms with Gasteiger partial charge in [0.05, 0.1) is 5.69 Å². The highest BCUT2D eigenvalue weighted by atomic mass is 35.5. The quantitative estimate of drug-likeness (QED) is 0.721. The molecule has 7 heteroatoms. The van der Waals surface area contributed by atoms with E-state index in [4.69, 9.17) is 11.6 Å². The zero-order valence-corrected chi connectivity index (χ0v) is 17.6. The van der Waals surface area contributed by atoms with Gasteiger partial charge in [0.15, 0.2) is 0 Å². The summed E-state index contributed by atoms with van der Waals surface area (Å²) in [5.74, 6) is 0.514. The minimum Gasteiger partial charge on any atom is -0.356 e. The van der Waals surface area contributed by atoms with Crippen molar-refractivity contribution in [3.05, 3.63) is 22.5 Å². The zero-order chi connectivity index (χ0) is 20.0. The van der Waals surface area contributed by atoms with Crippen LogP contribution in [0.15, 0.2) is 6.08 Å². The second kappa shape index (κ2) is 9.93. The predicted molar refractivity (Wildman–Crippen MR) is 108 cm³/mol. The number of aromatic nitrogens is 2. The van der Waals surface area contributed by atoms with Gasteiger partial charge in [0.1, 0.15) is 5.15 Å². The Morgan fingerprint density at radius 3 is 2.59 bits per heavy atom. The van der Waals surface area contributed by atoms with Gasteiger partial charge in [0.2, 0.25) is 11.8 Å². The lowest BCUT2D eigenvalue weighted by atomic mass is 9.96.